The molecule has 18 atom stereocenters. The number of primary amides is 1. The van der Waals surface area contributed by atoms with Gasteiger partial charge in [0.1, 0.15) is 96.7 Å². The number of aliphatic carboxylic acids is 2. The van der Waals surface area contributed by atoms with Crippen LogP contribution in [0.15, 0.2) is 66.9 Å². The third kappa shape index (κ3) is 36.0. The van der Waals surface area contributed by atoms with Gasteiger partial charge in [0, 0.05) is 95.6 Å². The van der Waals surface area contributed by atoms with E-state index in [-0.39, 0.29) is 105 Å². The summed E-state index contributed by atoms with van der Waals surface area (Å²) in [4.78, 5) is 296. The standard InChI is InChI=1S/C90H129N25O26S4/c1-43(2)70(88(139)115-27-12-21-64(115)83(134)97-32-68(122)100-58(33-116)77(128)107-62-41-144-37-50-16-10-17-51(99-50)38-145-42-63(81(132)111-71(44(3)4)89(140)141)109-86(137)73(46(6)119)113-82(62)133)110-78(129)59(34-117)106-76(127)56(29-69(123)124)104-79(130)61-40-143-36-49-15-9-14-48(98-49)35-142-39-60(101-67(121)30-91)80(131)112-72(45(5)118)85(136)103-54(20-11-25-95-90(93)94)74(125)102-55(23-24-66(92)120)75(126)105-57(28-47-31-96-53-19-8-7-18-52(47)53)87(138)114-26-13-22-65(114)84(135)108-61/h7-10,14-19,31,43-46,54-65,70-73,96,116-119H,11-13,20-30,32-42,91H2,1-6H3,(H2,92,120)(H,97,134)(H,100,122)(H,101,121)(H,102,125)(H,103,136)(H,104,130)(H,105,126)(H,106,127)(H,107,128)(H,108,135)(H,109,137)(H,110,129)(H,111,132)(H,112,131)(H,113,133)(H,123,124)(H,140,141)(H4,93,94,95)/t45-,46-,54+,55+,56+,57+,58+,59+,60-,61+,62-,63-,64+,65+,70+,71+,72+,73+/m1/s1. The summed E-state index contributed by atoms with van der Waals surface area (Å²) < 4.78 is 0. The summed E-state index contributed by atoms with van der Waals surface area (Å²) in [6, 6.07) is -9.56. The maximum atomic E-state index is 15.5. The van der Waals surface area contributed by atoms with Crippen molar-refractivity contribution >= 4 is 182 Å². The van der Waals surface area contributed by atoms with Crippen LogP contribution in [0.5, 0.6) is 0 Å². The van der Waals surface area contributed by atoms with Crippen molar-refractivity contribution in [1.82, 2.24) is 110 Å². The highest BCUT2D eigenvalue weighted by atomic mass is 32.2. The van der Waals surface area contributed by atoms with Gasteiger partial charge in [-0.05, 0) is 107 Å². The average Bonchev–Trinajstić information content (AvgIpc) is 1.67. The number of pyridine rings is 2. The SMILES string of the molecule is CC(C)[C@H](NC(=O)[C@H]1CSCc2cccc(n2)CSC[C@@H](NC(=O)[C@H](CO)NC(=O)CNC(=O)[C@@H]2CCCN2C(=O)[C@@H](NC(=O)[C@H](CO)NC(=O)[C@H](CC(=O)O)NC(=O)[C@@H]2CSCc3cccc(n3)CSC[C@@H](NC(=O)CN)C(=O)N[C@@H]([C@@H](C)O)C(=O)N[C@@H](CCCNC(=N)N)C(=O)N[C@@H](CCC(N)=O)C(=O)N[C@@H](Cc3c[nH]c4ccccc34)C(=O)N3CCC[C@H]3C(=O)N2)C(C)C)C(=O)N[C@@H]([C@@H](C)O)C(=O)N1)C(=O)O. The van der Waals surface area contributed by atoms with E-state index < -0.39 is 296 Å². The normalized spacial score (nSPS) is 22.6. The Hall–Kier alpha value is -13.1. The van der Waals surface area contributed by atoms with E-state index in [9.17, 15) is 107 Å². The number of aliphatic hydroxyl groups excluding tert-OH is 4. The molecule has 8 rings (SSSR count). The molecule has 4 aliphatic heterocycles. The molecule has 4 aromatic rings. The maximum Gasteiger partial charge on any atom is 0.326 e. The van der Waals surface area contributed by atoms with Crippen molar-refractivity contribution < 1.29 is 127 Å². The zero-order chi connectivity index (χ0) is 107. The number of carbonyl (C=O) groups excluding carboxylic acids is 18. The van der Waals surface area contributed by atoms with E-state index in [1.165, 1.54) is 25.6 Å². The van der Waals surface area contributed by atoms with Gasteiger partial charge in [0.05, 0.1) is 67.7 Å². The van der Waals surface area contributed by atoms with Crippen LogP contribution in [0.3, 0.4) is 0 Å². The average molecular weight is 2110 g/mol. The van der Waals surface area contributed by atoms with Crippen molar-refractivity contribution in [2.45, 2.75) is 238 Å². The van der Waals surface area contributed by atoms with Gasteiger partial charge in [-0.2, -0.15) is 47.0 Å². The van der Waals surface area contributed by atoms with Crippen LogP contribution in [-0.2, 0) is 125 Å². The molecule has 18 amide bonds. The van der Waals surface area contributed by atoms with Gasteiger partial charge in [-0.1, -0.05) is 58.0 Å². The monoisotopic (exact) mass is 2100 g/mol. The highest BCUT2D eigenvalue weighted by Gasteiger charge is 2.45. The Kier molecular flexibility index (Phi) is 46.5. The number of nitrogens with one attached hydrogen (secondary N) is 18. The van der Waals surface area contributed by atoms with E-state index in [1.54, 1.807) is 80.7 Å². The minimum absolute atomic E-state index is 0.000861. The molecular formula is C90H129N25O26S4. The number of hydrogen-bond donors (Lipinski definition) is 27. The molecule has 0 aliphatic carbocycles. The number of rotatable bonds is 35. The number of benzene rings is 1. The van der Waals surface area contributed by atoms with Crippen molar-refractivity contribution in [3.8, 4) is 0 Å². The molecule has 55 heteroatoms. The number of amides is 18. The van der Waals surface area contributed by atoms with Gasteiger partial charge >= 0.3 is 11.9 Å². The van der Waals surface area contributed by atoms with Gasteiger partial charge in [0.15, 0.2) is 5.96 Å². The quantitative estimate of drug-likeness (QED) is 0.0116. The highest BCUT2D eigenvalue weighted by Crippen LogP contribution is 2.28. The number of thioether (sulfide) groups is 4. The molecule has 0 saturated carbocycles. The summed E-state index contributed by atoms with van der Waals surface area (Å²) in [6.07, 6.45) is -4.34. The van der Waals surface area contributed by atoms with Gasteiger partial charge in [-0.15, -0.1) is 0 Å². The Bertz CT molecular complexity index is 5310. The second-order valence-electron chi connectivity index (χ2n) is 35.6. The molecule has 145 heavy (non-hydrogen) atoms. The number of carboxylic acid groups (broad SMARTS) is 2. The predicted octanol–water partition coefficient (Wildman–Crippen LogP) is -8.15. The van der Waals surface area contributed by atoms with E-state index >= 15 is 19.2 Å². The number of H-pyrrole nitrogens is 1. The number of nitrogens with two attached hydrogens (primary N) is 3. The van der Waals surface area contributed by atoms with E-state index in [0.29, 0.717) is 39.2 Å². The minimum atomic E-state index is -2.13. The van der Waals surface area contributed by atoms with Gasteiger partial charge in [0.25, 0.3) is 0 Å². The van der Waals surface area contributed by atoms with Crippen LogP contribution in [0, 0.1) is 17.2 Å². The number of likely N-dealkylation sites (tertiary alicyclic amines) is 1. The zero-order valence-electron chi connectivity index (χ0n) is 80.6. The van der Waals surface area contributed by atoms with Crippen LogP contribution < -0.4 is 102 Å². The summed E-state index contributed by atoms with van der Waals surface area (Å²) in [5.41, 5.74) is 19.7. The summed E-state index contributed by atoms with van der Waals surface area (Å²) in [7, 11) is 0. The molecule has 794 valence electrons. The molecule has 51 nitrogen and oxygen atoms in total. The minimum Gasteiger partial charge on any atom is -0.481 e. The van der Waals surface area contributed by atoms with Crippen LogP contribution in [-0.4, -0.2) is 357 Å². The number of aromatic nitrogens is 3. The number of carbonyl (C=O) groups is 20. The second-order valence-corrected chi connectivity index (χ2v) is 39.7. The van der Waals surface area contributed by atoms with Crippen molar-refractivity contribution in [2.24, 2.45) is 29.0 Å². The smallest absolute Gasteiger partial charge is 0.326 e. The fourth-order valence-electron chi connectivity index (χ4n) is 15.9. The number of hydrogen-bond acceptors (Lipinski definition) is 32. The third-order valence-corrected chi connectivity index (χ3v) is 27.9. The van der Waals surface area contributed by atoms with Crippen molar-refractivity contribution in [2.75, 3.05) is 68.9 Å². The van der Waals surface area contributed by atoms with Crippen molar-refractivity contribution in [3.05, 3.63) is 95.2 Å². The van der Waals surface area contributed by atoms with E-state index in [2.05, 4.69) is 95.0 Å². The predicted molar refractivity (Wildman–Crippen MR) is 528 cm³/mol. The number of fused-ring (bicyclic) bond motifs is 6. The third-order valence-electron chi connectivity index (χ3n) is 23.6. The van der Waals surface area contributed by atoms with Gasteiger partial charge in [0.2, 0.25) is 106 Å². The molecule has 0 radical (unpaired) electrons. The van der Waals surface area contributed by atoms with Gasteiger partial charge < -0.3 is 148 Å². The first kappa shape index (κ1) is 117. The summed E-state index contributed by atoms with van der Waals surface area (Å²) >= 11 is 4.37. The molecule has 2 saturated heterocycles. The molecule has 4 aliphatic rings. The summed E-state index contributed by atoms with van der Waals surface area (Å²) in [6.45, 7) is 4.39. The molecule has 1 aromatic carbocycles. The summed E-state index contributed by atoms with van der Waals surface area (Å²) in [5, 5.41) is 111. The van der Waals surface area contributed by atoms with E-state index in [4.69, 9.17) is 27.6 Å². The molecule has 30 N–H and O–H groups in total. The number of aliphatic hydroxyl groups is 4. The molecule has 3 aromatic heterocycles. The fourth-order valence-corrected chi connectivity index (χ4v) is 19.7. The van der Waals surface area contributed by atoms with Crippen LogP contribution in [0.2, 0.25) is 0 Å². The van der Waals surface area contributed by atoms with Crippen LogP contribution in [0.25, 0.3) is 10.9 Å². The zero-order valence-corrected chi connectivity index (χ0v) is 83.8. The molecule has 0 spiro atoms. The summed E-state index contributed by atoms with van der Waals surface area (Å²) in [5.74, 6) is -24.2. The number of nitrogens with zero attached hydrogens (tertiary/aromatic N) is 4. The van der Waals surface area contributed by atoms with Gasteiger partial charge in [-0.3, -0.25) is 106 Å². The maximum absolute atomic E-state index is 15.5. The van der Waals surface area contributed by atoms with Crippen molar-refractivity contribution in [3.63, 3.8) is 0 Å². The molecule has 0 unspecified atom stereocenters. The Morgan fingerprint density at radius 1 is 0.524 bits per heavy atom. The Morgan fingerprint density at radius 2 is 1.03 bits per heavy atom. The first-order chi connectivity index (χ1) is 68.9. The topological polar surface area (TPSA) is 805 Å². The van der Waals surface area contributed by atoms with Crippen molar-refractivity contribution in [1.29, 1.82) is 5.41 Å². The number of carboxylic acids is 2. The lowest BCUT2D eigenvalue weighted by Gasteiger charge is -2.31. The lowest BCUT2D eigenvalue weighted by atomic mass is 10.0. The molecule has 7 heterocycles. The van der Waals surface area contributed by atoms with Gasteiger partial charge in [-0.25, -0.2) is 4.79 Å². The van der Waals surface area contributed by atoms with E-state index in [1.807, 2.05) is 0 Å². The van der Waals surface area contributed by atoms with Crippen LogP contribution in [0.4, 0.5) is 0 Å². The second kappa shape index (κ2) is 57.6. The Morgan fingerprint density at radius 3 is 1.57 bits per heavy atom. The van der Waals surface area contributed by atoms with Crippen LogP contribution >= 0.6 is 47.0 Å². The number of guanidine groups is 1. The Balaban J connectivity index is 0.988. The molecule has 2 fully saturated rings. The van der Waals surface area contributed by atoms with Crippen LogP contribution in [0.1, 0.15) is 128 Å². The first-order valence-corrected chi connectivity index (χ1v) is 51.5. The molecular weight excluding hydrogens is 1980 g/mol. The highest BCUT2D eigenvalue weighted by molar-refractivity contribution is 7.99. The lowest BCUT2D eigenvalue weighted by Crippen LogP contribution is -2.62. The first-order valence-electron chi connectivity index (χ1n) is 46.9. The Labute approximate surface area is 850 Å². The largest absolute Gasteiger partial charge is 0.481 e. The lowest BCUT2D eigenvalue weighted by molar-refractivity contribution is -0.144. The molecule has 4 bridgehead atoms. The number of aromatic amines is 1. The van der Waals surface area contributed by atoms with E-state index in [0.717, 1.165) is 58.9 Å². The number of para-hydroxylation sites is 1. The fraction of sp³-hybridized carbons (Fsp3) is 0.567.